The third-order valence-electron chi connectivity index (χ3n) is 2.71. The number of aliphatic hydroxyl groups is 1. The zero-order valence-corrected chi connectivity index (χ0v) is 9.46. The zero-order valence-electron chi connectivity index (χ0n) is 9.46. The fourth-order valence-corrected chi connectivity index (χ4v) is 1.83. The van der Waals surface area contributed by atoms with Gasteiger partial charge in [0.25, 0.3) is 0 Å². The molecule has 1 fully saturated rings. The number of nitrogens with zero attached hydrogens (tertiary/aromatic N) is 4. The van der Waals surface area contributed by atoms with Gasteiger partial charge >= 0.3 is 0 Å². The van der Waals surface area contributed by atoms with E-state index in [0.717, 1.165) is 0 Å². The number of hydrogen-bond acceptors (Lipinski definition) is 6. The maximum absolute atomic E-state index is 9.11. The summed E-state index contributed by atoms with van der Waals surface area (Å²) in [5.74, 6) is 0.893. The molecule has 0 aromatic carbocycles. The van der Waals surface area contributed by atoms with Crippen LogP contribution in [-0.2, 0) is 11.3 Å². The second-order valence-corrected chi connectivity index (χ2v) is 3.74. The second-order valence-electron chi connectivity index (χ2n) is 3.74. The van der Waals surface area contributed by atoms with Crippen molar-refractivity contribution in [1.29, 1.82) is 5.26 Å². The molecule has 0 unspecified atom stereocenters. The van der Waals surface area contributed by atoms with Gasteiger partial charge < -0.3 is 20.5 Å². The van der Waals surface area contributed by atoms with Crippen LogP contribution in [0, 0.1) is 11.3 Å². The molecule has 1 aromatic heterocycles. The molecule has 0 radical (unpaired) electrons. The number of hydrogen-bond donors (Lipinski definition) is 2. The Morgan fingerprint density at radius 1 is 1.47 bits per heavy atom. The number of morpholine rings is 1. The van der Waals surface area contributed by atoms with Gasteiger partial charge in [0.15, 0.2) is 5.82 Å². The lowest BCUT2D eigenvalue weighted by atomic mass is 10.3. The molecule has 1 aromatic rings. The SMILES string of the molecule is N#Cc1c(N2CCOCC2)nn(CCO)c1N. The van der Waals surface area contributed by atoms with Crippen LogP contribution in [0.4, 0.5) is 11.6 Å². The first-order chi connectivity index (χ1) is 8.27. The molecule has 17 heavy (non-hydrogen) atoms. The molecule has 3 N–H and O–H groups in total. The molecule has 0 aliphatic carbocycles. The second kappa shape index (κ2) is 5.03. The molecule has 1 aliphatic heterocycles. The number of aromatic nitrogens is 2. The average molecular weight is 237 g/mol. The van der Waals surface area contributed by atoms with Crippen LogP contribution in [-0.4, -0.2) is 47.8 Å². The molecule has 2 heterocycles. The summed E-state index contributed by atoms with van der Waals surface area (Å²) < 4.78 is 6.71. The van der Waals surface area contributed by atoms with E-state index in [1.807, 2.05) is 4.90 Å². The molecule has 7 heteroatoms. The summed E-state index contributed by atoms with van der Waals surface area (Å²) in [4.78, 5) is 1.98. The number of aliphatic hydroxyl groups excluding tert-OH is 1. The van der Waals surface area contributed by atoms with E-state index in [4.69, 9.17) is 20.8 Å². The Kier molecular flexibility index (Phi) is 3.46. The minimum Gasteiger partial charge on any atom is -0.394 e. The van der Waals surface area contributed by atoms with E-state index in [2.05, 4.69) is 11.2 Å². The number of rotatable bonds is 3. The zero-order chi connectivity index (χ0) is 12.3. The summed E-state index contributed by atoms with van der Waals surface area (Å²) in [6.07, 6.45) is 0. The Hall–Kier alpha value is -1.78. The van der Waals surface area contributed by atoms with Crippen LogP contribution < -0.4 is 10.6 Å². The molecule has 0 bridgehead atoms. The fraction of sp³-hybridized carbons (Fsp3) is 0.600. The van der Waals surface area contributed by atoms with Crippen molar-refractivity contribution < 1.29 is 9.84 Å². The predicted molar refractivity (Wildman–Crippen MR) is 61.5 cm³/mol. The van der Waals surface area contributed by atoms with E-state index < -0.39 is 0 Å². The lowest BCUT2D eigenvalue weighted by Crippen LogP contribution is -2.37. The Morgan fingerprint density at radius 3 is 2.76 bits per heavy atom. The van der Waals surface area contributed by atoms with Gasteiger partial charge in [0.2, 0.25) is 0 Å². The largest absolute Gasteiger partial charge is 0.394 e. The average Bonchev–Trinajstić information content (AvgIpc) is 2.68. The van der Waals surface area contributed by atoms with Crippen LogP contribution in [0.15, 0.2) is 0 Å². The van der Waals surface area contributed by atoms with Crippen LogP contribution >= 0.6 is 0 Å². The van der Waals surface area contributed by atoms with Gasteiger partial charge in [-0.1, -0.05) is 0 Å². The third-order valence-corrected chi connectivity index (χ3v) is 2.71. The number of nitrogen functional groups attached to an aromatic ring is 1. The Morgan fingerprint density at radius 2 is 2.18 bits per heavy atom. The molecule has 0 atom stereocenters. The summed E-state index contributed by atoms with van der Waals surface area (Å²) in [5, 5.41) is 22.3. The van der Waals surface area contributed by atoms with Crippen molar-refractivity contribution in [2.75, 3.05) is 43.5 Å². The van der Waals surface area contributed by atoms with Crippen LogP contribution in [0.2, 0.25) is 0 Å². The quantitative estimate of drug-likeness (QED) is 0.711. The Balaban J connectivity index is 2.32. The van der Waals surface area contributed by atoms with Gasteiger partial charge in [-0.3, -0.25) is 0 Å². The first kappa shape index (κ1) is 11.7. The molecule has 1 aliphatic rings. The van der Waals surface area contributed by atoms with Gasteiger partial charge in [0, 0.05) is 13.1 Å². The molecule has 0 amide bonds. The van der Waals surface area contributed by atoms with E-state index in [1.165, 1.54) is 4.68 Å². The first-order valence-corrected chi connectivity index (χ1v) is 5.48. The van der Waals surface area contributed by atoms with Crippen molar-refractivity contribution in [3.8, 4) is 6.07 Å². The minimum atomic E-state index is -0.0563. The molecule has 0 saturated carbocycles. The van der Waals surface area contributed by atoms with E-state index in [-0.39, 0.29) is 6.61 Å². The summed E-state index contributed by atoms with van der Waals surface area (Å²) >= 11 is 0. The van der Waals surface area contributed by atoms with E-state index in [9.17, 15) is 0 Å². The lowest BCUT2D eigenvalue weighted by Gasteiger charge is -2.26. The van der Waals surface area contributed by atoms with Crippen molar-refractivity contribution in [3.63, 3.8) is 0 Å². The maximum Gasteiger partial charge on any atom is 0.171 e. The standard InChI is InChI=1S/C10H15N5O2/c11-7-8-9(12)15(1-4-16)13-10(8)14-2-5-17-6-3-14/h16H,1-6,12H2. The normalized spacial score (nSPS) is 15.9. The lowest BCUT2D eigenvalue weighted by molar-refractivity contribution is 0.122. The molecule has 2 rings (SSSR count). The highest BCUT2D eigenvalue weighted by molar-refractivity contribution is 5.65. The molecule has 7 nitrogen and oxygen atoms in total. The molecule has 0 spiro atoms. The van der Waals surface area contributed by atoms with Crippen molar-refractivity contribution in [2.24, 2.45) is 0 Å². The summed E-state index contributed by atoms with van der Waals surface area (Å²) in [6, 6.07) is 2.07. The third kappa shape index (κ3) is 2.18. The number of anilines is 2. The summed E-state index contributed by atoms with van der Waals surface area (Å²) in [7, 11) is 0. The molecular formula is C10H15N5O2. The predicted octanol–water partition coefficient (Wildman–Crippen LogP) is -0.834. The maximum atomic E-state index is 9.11. The highest BCUT2D eigenvalue weighted by Gasteiger charge is 2.22. The minimum absolute atomic E-state index is 0.0563. The molecule has 1 saturated heterocycles. The number of nitriles is 1. The van der Waals surface area contributed by atoms with Gasteiger partial charge in [-0.25, -0.2) is 4.68 Å². The first-order valence-electron chi connectivity index (χ1n) is 5.48. The monoisotopic (exact) mass is 237 g/mol. The van der Waals surface area contributed by atoms with Gasteiger partial charge in [-0.2, -0.15) is 10.4 Å². The topological polar surface area (TPSA) is 100 Å². The Labute approximate surface area is 99.0 Å². The van der Waals surface area contributed by atoms with Crippen LogP contribution in [0.5, 0.6) is 0 Å². The van der Waals surface area contributed by atoms with Crippen molar-refractivity contribution in [3.05, 3.63) is 5.56 Å². The van der Waals surface area contributed by atoms with Crippen LogP contribution in [0.1, 0.15) is 5.56 Å². The summed E-state index contributed by atoms with van der Waals surface area (Å²) in [5.41, 5.74) is 6.19. The Bertz CT molecular complexity index is 431. The number of nitrogens with two attached hydrogens (primary N) is 1. The van der Waals surface area contributed by atoms with E-state index in [1.54, 1.807) is 0 Å². The van der Waals surface area contributed by atoms with Crippen LogP contribution in [0.3, 0.4) is 0 Å². The molecule has 92 valence electrons. The van der Waals surface area contributed by atoms with Gasteiger partial charge in [-0.05, 0) is 0 Å². The van der Waals surface area contributed by atoms with Gasteiger partial charge in [0.1, 0.15) is 17.5 Å². The van der Waals surface area contributed by atoms with E-state index >= 15 is 0 Å². The number of ether oxygens (including phenoxy) is 1. The highest BCUT2D eigenvalue weighted by atomic mass is 16.5. The van der Waals surface area contributed by atoms with Crippen molar-refractivity contribution in [1.82, 2.24) is 9.78 Å². The van der Waals surface area contributed by atoms with Crippen molar-refractivity contribution >= 4 is 11.6 Å². The summed E-state index contributed by atoms with van der Waals surface area (Å²) in [6.45, 7) is 2.88. The highest BCUT2D eigenvalue weighted by Crippen LogP contribution is 2.24. The van der Waals surface area contributed by atoms with Crippen molar-refractivity contribution in [2.45, 2.75) is 6.54 Å². The smallest absolute Gasteiger partial charge is 0.171 e. The van der Waals surface area contributed by atoms with E-state index in [0.29, 0.717) is 50.0 Å². The van der Waals surface area contributed by atoms with Gasteiger partial charge in [0.05, 0.1) is 26.4 Å². The molecular weight excluding hydrogens is 222 g/mol. The van der Waals surface area contributed by atoms with Gasteiger partial charge in [-0.15, -0.1) is 0 Å². The van der Waals surface area contributed by atoms with Crippen LogP contribution in [0.25, 0.3) is 0 Å². The fourth-order valence-electron chi connectivity index (χ4n) is 1.83.